The SMILES string of the molecule is Cc1ccc(CN2CCC(C(=O)Nc3ccccc3C(=O)NC[C@H]3CCCO3)CC2)cc1. The van der Waals surface area contributed by atoms with Crippen molar-refractivity contribution in [3.05, 3.63) is 65.2 Å². The minimum absolute atomic E-state index is 0.000591. The van der Waals surface area contributed by atoms with Crippen molar-refractivity contribution in [2.24, 2.45) is 5.92 Å². The van der Waals surface area contributed by atoms with Gasteiger partial charge in [0.25, 0.3) is 5.91 Å². The van der Waals surface area contributed by atoms with E-state index in [9.17, 15) is 9.59 Å². The molecule has 0 spiro atoms. The van der Waals surface area contributed by atoms with Gasteiger partial charge in [-0.15, -0.1) is 0 Å². The molecule has 2 aromatic carbocycles. The molecule has 2 heterocycles. The van der Waals surface area contributed by atoms with Crippen molar-refractivity contribution in [1.82, 2.24) is 10.2 Å². The zero-order chi connectivity index (χ0) is 22.3. The number of ether oxygens (including phenoxy) is 1. The number of para-hydroxylation sites is 1. The Kier molecular flexibility index (Phi) is 7.55. The second-order valence-corrected chi connectivity index (χ2v) is 8.92. The molecule has 2 aromatic rings. The van der Waals surface area contributed by atoms with Crippen LogP contribution < -0.4 is 10.6 Å². The van der Waals surface area contributed by atoms with Gasteiger partial charge in [-0.3, -0.25) is 14.5 Å². The van der Waals surface area contributed by atoms with Gasteiger partial charge >= 0.3 is 0 Å². The smallest absolute Gasteiger partial charge is 0.253 e. The third-order valence-corrected chi connectivity index (χ3v) is 6.43. The van der Waals surface area contributed by atoms with Gasteiger partial charge in [-0.2, -0.15) is 0 Å². The van der Waals surface area contributed by atoms with E-state index in [2.05, 4.69) is 46.7 Å². The Bertz CT molecular complexity index is 914. The van der Waals surface area contributed by atoms with E-state index >= 15 is 0 Å². The third-order valence-electron chi connectivity index (χ3n) is 6.43. The number of carbonyl (C=O) groups is 2. The molecular weight excluding hydrogens is 402 g/mol. The monoisotopic (exact) mass is 435 g/mol. The van der Waals surface area contributed by atoms with Crippen molar-refractivity contribution in [3.8, 4) is 0 Å². The Hall–Kier alpha value is -2.70. The summed E-state index contributed by atoms with van der Waals surface area (Å²) in [4.78, 5) is 28.0. The lowest BCUT2D eigenvalue weighted by Crippen LogP contribution is -2.38. The zero-order valence-corrected chi connectivity index (χ0v) is 18.8. The first kappa shape index (κ1) is 22.5. The number of anilines is 1. The van der Waals surface area contributed by atoms with Crippen LogP contribution in [0.4, 0.5) is 5.69 Å². The van der Waals surface area contributed by atoms with Crippen LogP contribution in [0.3, 0.4) is 0 Å². The summed E-state index contributed by atoms with van der Waals surface area (Å²) in [5.74, 6) is -0.212. The Balaban J connectivity index is 1.28. The molecule has 0 unspecified atom stereocenters. The highest BCUT2D eigenvalue weighted by atomic mass is 16.5. The number of rotatable bonds is 7. The maximum absolute atomic E-state index is 12.9. The van der Waals surface area contributed by atoms with Gasteiger partial charge in [-0.1, -0.05) is 42.0 Å². The molecule has 0 radical (unpaired) electrons. The lowest BCUT2D eigenvalue weighted by atomic mass is 9.95. The van der Waals surface area contributed by atoms with E-state index < -0.39 is 0 Å². The lowest BCUT2D eigenvalue weighted by molar-refractivity contribution is -0.121. The van der Waals surface area contributed by atoms with Crippen LogP contribution in [0.25, 0.3) is 0 Å². The van der Waals surface area contributed by atoms with Crippen LogP contribution in [0.15, 0.2) is 48.5 Å². The number of aryl methyl sites for hydroxylation is 1. The average Bonchev–Trinajstić information content (AvgIpc) is 3.33. The second kappa shape index (κ2) is 10.7. The number of nitrogens with zero attached hydrogens (tertiary/aromatic N) is 1. The lowest BCUT2D eigenvalue weighted by Gasteiger charge is -2.31. The summed E-state index contributed by atoms with van der Waals surface area (Å²) >= 11 is 0. The molecule has 4 rings (SSSR count). The predicted octanol–water partition coefficient (Wildman–Crippen LogP) is 3.75. The molecule has 32 heavy (non-hydrogen) atoms. The second-order valence-electron chi connectivity index (χ2n) is 8.92. The van der Waals surface area contributed by atoms with Crippen molar-refractivity contribution in [2.75, 3.05) is 31.6 Å². The molecule has 2 fully saturated rings. The van der Waals surface area contributed by atoms with Gasteiger partial charge in [-0.05, 0) is 63.4 Å². The van der Waals surface area contributed by atoms with Crippen molar-refractivity contribution < 1.29 is 14.3 Å². The minimum Gasteiger partial charge on any atom is -0.376 e. The van der Waals surface area contributed by atoms with Gasteiger partial charge in [-0.25, -0.2) is 0 Å². The van der Waals surface area contributed by atoms with Crippen LogP contribution in [0, 0.1) is 12.8 Å². The van der Waals surface area contributed by atoms with Crippen molar-refractivity contribution >= 4 is 17.5 Å². The molecule has 1 atom stereocenters. The van der Waals surface area contributed by atoms with Gasteiger partial charge in [0, 0.05) is 25.6 Å². The van der Waals surface area contributed by atoms with Gasteiger partial charge in [0.2, 0.25) is 5.91 Å². The molecule has 0 aromatic heterocycles. The van der Waals surface area contributed by atoms with Crippen molar-refractivity contribution in [3.63, 3.8) is 0 Å². The van der Waals surface area contributed by atoms with Gasteiger partial charge in [0.05, 0.1) is 17.4 Å². The van der Waals surface area contributed by atoms with Crippen molar-refractivity contribution in [1.29, 1.82) is 0 Å². The van der Waals surface area contributed by atoms with Gasteiger partial charge in [0.1, 0.15) is 0 Å². The highest BCUT2D eigenvalue weighted by Crippen LogP contribution is 2.23. The fourth-order valence-corrected chi connectivity index (χ4v) is 4.44. The molecule has 6 heteroatoms. The quantitative estimate of drug-likeness (QED) is 0.695. The zero-order valence-electron chi connectivity index (χ0n) is 18.8. The normalized spacial score (nSPS) is 19.6. The van der Waals surface area contributed by atoms with Crippen LogP contribution in [0.2, 0.25) is 0 Å². The van der Waals surface area contributed by atoms with Crippen LogP contribution in [0.1, 0.15) is 47.2 Å². The topological polar surface area (TPSA) is 70.7 Å². The molecule has 0 saturated carbocycles. The fraction of sp³-hybridized carbons (Fsp3) is 0.462. The molecule has 2 aliphatic heterocycles. The average molecular weight is 436 g/mol. The highest BCUT2D eigenvalue weighted by molar-refractivity contribution is 6.04. The molecule has 2 aliphatic rings. The first-order valence-electron chi connectivity index (χ1n) is 11.7. The van der Waals surface area contributed by atoms with E-state index in [0.29, 0.717) is 17.8 Å². The standard InChI is InChI=1S/C26H33N3O3/c1-19-8-10-20(11-9-19)18-29-14-12-21(13-15-29)25(30)28-24-7-3-2-6-23(24)26(31)27-17-22-5-4-16-32-22/h2-3,6-11,21-22H,4-5,12-18H2,1H3,(H,27,31)(H,28,30)/t22-/m1/s1. The number of hydrogen-bond donors (Lipinski definition) is 2. The van der Waals surface area contributed by atoms with Gasteiger partial charge in [0.15, 0.2) is 0 Å². The maximum Gasteiger partial charge on any atom is 0.253 e. The number of carbonyl (C=O) groups excluding carboxylic acids is 2. The highest BCUT2D eigenvalue weighted by Gasteiger charge is 2.26. The summed E-state index contributed by atoms with van der Waals surface area (Å²) < 4.78 is 5.58. The summed E-state index contributed by atoms with van der Waals surface area (Å²) in [6, 6.07) is 15.9. The van der Waals surface area contributed by atoms with E-state index in [1.165, 1.54) is 11.1 Å². The van der Waals surface area contributed by atoms with Crippen LogP contribution in [0.5, 0.6) is 0 Å². The molecule has 6 nitrogen and oxygen atoms in total. The number of nitrogens with one attached hydrogen (secondary N) is 2. The molecular formula is C26H33N3O3. The van der Waals surface area contributed by atoms with E-state index in [4.69, 9.17) is 4.74 Å². The van der Waals surface area contributed by atoms with Crippen molar-refractivity contribution in [2.45, 2.75) is 45.3 Å². The third kappa shape index (κ3) is 5.96. The number of amides is 2. The van der Waals surface area contributed by atoms with E-state index in [1.54, 1.807) is 12.1 Å². The van der Waals surface area contributed by atoms with E-state index in [-0.39, 0.29) is 23.8 Å². The summed E-state index contributed by atoms with van der Waals surface area (Å²) in [5.41, 5.74) is 3.64. The maximum atomic E-state index is 12.9. The Labute approximate surface area is 190 Å². The summed E-state index contributed by atoms with van der Waals surface area (Å²) in [6.07, 6.45) is 3.75. The fourth-order valence-electron chi connectivity index (χ4n) is 4.44. The number of piperidine rings is 1. The largest absolute Gasteiger partial charge is 0.376 e. The predicted molar refractivity (Wildman–Crippen MR) is 126 cm³/mol. The summed E-state index contributed by atoms with van der Waals surface area (Å²) in [7, 11) is 0. The van der Waals surface area contributed by atoms with E-state index in [1.807, 2.05) is 12.1 Å². The summed E-state index contributed by atoms with van der Waals surface area (Å²) in [6.45, 7) is 6.07. The Morgan fingerprint density at radius 2 is 1.78 bits per heavy atom. The number of benzene rings is 2. The van der Waals surface area contributed by atoms with Gasteiger partial charge < -0.3 is 15.4 Å². The number of likely N-dealkylation sites (tertiary alicyclic amines) is 1. The Morgan fingerprint density at radius 3 is 2.50 bits per heavy atom. The molecule has 0 bridgehead atoms. The molecule has 2 amide bonds. The molecule has 2 N–H and O–H groups in total. The number of hydrogen-bond acceptors (Lipinski definition) is 4. The van der Waals surface area contributed by atoms with Crippen LogP contribution in [-0.2, 0) is 16.1 Å². The summed E-state index contributed by atoms with van der Waals surface area (Å²) in [5, 5.41) is 5.95. The van der Waals surface area contributed by atoms with Crippen LogP contribution >= 0.6 is 0 Å². The molecule has 170 valence electrons. The van der Waals surface area contributed by atoms with Crippen LogP contribution in [-0.4, -0.2) is 49.1 Å². The molecule has 2 saturated heterocycles. The Morgan fingerprint density at radius 1 is 1.03 bits per heavy atom. The molecule has 0 aliphatic carbocycles. The first-order valence-corrected chi connectivity index (χ1v) is 11.7. The first-order chi connectivity index (χ1) is 15.6. The van der Waals surface area contributed by atoms with E-state index in [0.717, 1.165) is 51.9 Å². The minimum atomic E-state index is -0.177.